The van der Waals surface area contributed by atoms with Gasteiger partial charge in [0.05, 0.1) is 6.61 Å². The molecule has 1 fully saturated rings. The Morgan fingerprint density at radius 1 is 0.926 bits per heavy atom. The molecule has 3 rings (SSSR count). The number of hydrogen-bond acceptors (Lipinski definition) is 4. The second-order valence-electron chi connectivity index (χ2n) is 6.82. The maximum absolute atomic E-state index is 12.2. The lowest BCUT2D eigenvalue weighted by Crippen LogP contribution is -2.35. The van der Waals surface area contributed by atoms with Crippen molar-refractivity contribution >= 4 is 5.91 Å². The summed E-state index contributed by atoms with van der Waals surface area (Å²) in [6, 6.07) is 18.4. The molecule has 0 radical (unpaired) electrons. The van der Waals surface area contributed by atoms with Crippen molar-refractivity contribution in [1.29, 1.82) is 0 Å². The molecule has 1 aliphatic rings. The fourth-order valence-electron chi connectivity index (χ4n) is 3.20. The topological polar surface area (TPSA) is 42.0 Å². The minimum Gasteiger partial charge on any atom is -0.489 e. The highest BCUT2D eigenvalue weighted by molar-refractivity contribution is 5.76. The van der Waals surface area contributed by atoms with Crippen molar-refractivity contribution in [3.8, 4) is 5.75 Å². The lowest BCUT2D eigenvalue weighted by atomic mass is 10.2. The Balaban J connectivity index is 1.48. The number of ether oxygens (including phenoxy) is 2. The summed E-state index contributed by atoms with van der Waals surface area (Å²) in [5, 5.41) is 0. The largest absolute Gasteiger partial charge is 0.489 e. The van der Waals surface area contributed by atoms with Gasteiger partial charge in [0.15, 0.2) is 0 Å². The molecule has 0 saturated carbocycles. The highest BCUT2D eigenvalue weighted by atomic mass is 16.5. The van der Waals surface area contributed by atoms with Crippen LogP contribution in [0.15, 0.2) is 54.6 Å². The zero-order chi connectivity index (χ0) is 18.9. The van der Waals surface area contributed by atoms with Crippen molar-refractivity contribution in [2.24, 2.45) is 0 Å². The van der Waals surface area contributed by atoms with Crippen LogP contribution in [-0.4, -0.2) is 55.6 Å². The third-order valence-corrected chi connectivity index (χ3v) is 4.82. The summed E-state index contributed by atoms with van der Waals surface area (Å²) < 4.78 is 10.9. The summed E-state index contributed by atoms with van der Waals surface area (Å²) in [4.78, 5) is 16.4. The van der Waals surface area contributed by atoms with Crippen LogP contribution in [0.5, 0.6) is 5.75 Å². The van der Waals surface area contributed by atoms with Gasteiger partial charge >= 0.3 is 0 Å². The van der Waals surface area contributed by atoms with Gasteiger partial charge in [0, 0.05) is 46.3 Å². The molecular weight excluding hydrogens is 340 g/mol. The number of carbonyl (C=O) groups excluding carboxylic acids is 1. The van der Waals surface area contributed by atoms with E-state index in [0.717, 1.165) is 37.5 Å². The molecule has 0 spiro atoms. The average Bonchev–Trinajstić information content (AvgIpc) is 2.88. The number of rotatable bonds is 8. The van der Waals surface area contributed by atoms with Crippen molar-refractivity contribution in [2.45, 2.75) is 19.6 Å². The second kappa shape index (κ2) is 10.1. The van der Waals surface area contributed by atoms with Crippen LogP contribution in [0.25, 0.3) is 0 Å². The van der Waals surface area contributed by atoms with E-state index in [1.165, 1.54) is 5.56 Å². The molecule has 5 nitrogen and oxygen atoms in total. The monoisotopic (exact) mass is 368 g/mol. The number of carbonyl (C=O) groups is 1. The Morgan fingerprint density at radius 3 is 2.44 bits per heavy atom. The highest BCUT2D eigenvalue weighted by Gasteiger charge is 2.20. The van der Waals surface area contributed by atoms with Crippen molar-refractivity contribution in [2.75, 3.05) is 39.9 Å². The Labute approximate surface area is 161 Å². The van der Waals surface area contributed by atoms with E-state index in [-0.39, 0.29) is 5.91 Å². The van der Waals surface area contributed by atoms with Crippen molar-refractivity contribution in [3.63, 3.8) is 0 Å². The zero-order valence-corrected chi connectivity index (χ0v) is 16.0. The second-order valence-corrected chi connectivity index (χ2v) is 6.82. The molecule has 2 aromatic carbocycles. The van der Waals surface area contributed by atoms with Gasteiger partial charge in [0.25, 0.3) is 0 Å². The molecule has 1 aliphatic heterocycles. The first kappa shape index (κ1) is 19.4. The quantitative estimate of drug-likeness (QED) is 0.718. The first-order valence-corrected chi connectivity index (χ1v) is 9.49. The molecule has 5 heteroatoms. The van der Waals surface area contributed by atoms with Crippen LogP contribution in [0.2, 0.25) is 0 Å². The molecule has 0 bridgehead atoms. The molecule has 2 aromatic rings. The van der Waals surface area contributed by atoms with Crippen molar-refractivity contribution in [1.82, 2.24) is 9.80 Å². The van der Waals surface area contributed by atoms with Gasteiger partial charge in [-0.05, 0) is 23.3 Å². The predicted molar refractivity (Wildman–Crippen MR) is 106 cm³/mol. The Bertz CT molecular complexity index is 703. The normalized spacial score (nSPS) is 15.6. The van der Waals surface area contributed by atoms with Gasteiger partial charge in [-0.25, -0.2) is 0 Å². The van der Waals surface area contributed by atoms with E-state index in [1.54, 1.807) is 7.11 Å². The predicted octanol–water partition coefficient (Wildman–Crippen LogP) is 2.95. The fourth-order valence-corrected chi connectivity index (χ4v) is 3.20. The van der Waals surface area contributed by atoms with E-state index in [2.05, 4.69) is 29.2 Å². The summed E-state index contributed by atoms with van der Waals surface area (Å²) in [5.74, 6) is 1.10. The summed E-state index contributed by atoms with van der Waals surface area (Å²) >= 11 is 0. The van der Waals surface area contributed by atoms with Gasteiger partial charge in [-0.2, -0.15) is 0 Å². The summed E-state index contributed by atoms with van der Waals surface area (Å²) in [6.45, 7) is 5.15. The van der Waals surface area contributed by atoms with Gasteiger partial charge in [-0.15, -0.1) is 0 Å². The number of nitrogens with zero attached hydrogens (tertiary/aromatic N) is 2. The number of methoxy groups -OCH3 is 1. The minimum absolute atomic E-state index is 0.221. The average molecular weight is 368 g/mol. The van der Waals surface area contributed by atoms with Gasteiger partial charge in [0.1, 0.15) is 12.4 Å². The minimum atomic E-state index is 0.221. The molecular formula is C22H28N2O3. The third-order valence-electron chi connectivity index (χ3n) is 4.82. The van der Waals surface area contributed by atoms with Crippen LogP contribution in [0.1, 0.15) is 17.5 Å². The molecule has 0 unspecified atom stereocenters. The Kier molecular flexibility index (Phi) is 7.25. The molecule has 0 atom stereocenters. The SMILES string of the molecule is COCCN1CCN(Cc2ccc(OCc3ccccc3)cc2)CCC1=O. The van der Waals surface area contributed by atoms with E-state index in [9.17, 15) is 4.79 Å². The maximum Gasteiger partial charge on any atom is 0.223 e. The standard InChI is InChI=1S/C22H28N2O3/c1-26-16-15-24-14-13-23(12-11-22(24)25)17-19-7-9-21(10-8-19)27-18-20-5-3-2-4-6-20/h2-10H,11-18H2,1H3. The molecule has 1 saturated heterocycles. The highest BCUT2D eigenvalue weighted by Crippen LogP contribution is 2.16. The van der Waals surface area contributed by atoms with Crippen LogP contribution in [0.3, 0.4) is 0 Å². The van der Waals surface area contributed by atoms with Crippen molar-refractivity contribution < 1.29 is 14.3 Å². The van der Waals surface area contributed by atoms with Crippen LogP contribution in [0.4, 0.5) is 0 Å². The van der Waals surface area contributed by atoms with E-state index in [4.69, 9.17) is 9.47 Å². The molecule has 0 aliphatic carbocycles. The molecule has 0 aromatic heterocycles. The van der Waals surface area contributed by atoms with Crippen LogP contribution in [0, 0.1) is 0 Å². The lowest BCUT2D eigenvalue weighted by molar-refractivity contribution is -0.130. The van der Waals surface area contributed by atoms with Crippen LogP contribution >= 0.6 is 0 Å². The summed E-state index contributed by atoms with van der Waals surface area (Å²) in [7, 11) is 1.67. The number of hydrogen-bond donors (Lipinski definition) is 0. The fraction of sp³-hybridized carbons (Fsp3) is 0.409. The molecule has 144 valence electrons. The Hall–Kier alpha value is -2.37. The Morgan fingerprint density at radius 2 is 1.70 bits per heavy atom. The van der Waals surface area contributed by atoms with Crippen LogP contribution < -0.4 is 4.74 Å². The number of amides is 1. The van der Waals surface area contributed by atoms with Gasteiger partial charge in [-0.1, -0.05) is 42.5 Å². The first-order chi connectivity index (χ1) is 13.2. The molecule has 1 heterocycles. The van der Waals surface area contributed by atoms with Gasteiger partial charge in [-0.3, -0.25) is 9.69 Å². The van der Waals surface area contributed by atoms with E-state index in [0.29, 0.717) is 26.2 Å². The smallest absolute Gasteiger partial charge is 0.223 e. The third kappa shape index (κ3) is 6.08. The van der Waals surface area contributed by atoms with Crippen LogP contribution in [-0.2, 0) is 22.7 Å². The van der Waals surface area contributed by atoms with Crippen molar-refractivity contribution in [3.05, 3.63) is 65.7 Å². The molecule has 1 amide bonds. The molecule has 27 heavy (non-hydrogen) atoms. The van der Waals surface area contributed by atoms with E-state index in [1.807, 2.05) is 35.2 Å². The number of benzene rings is 2. The zero-order valence-electron chi connectivity index (χ0n) is 16.0. The summed E-state index contributed by atoms with van der Waals surface area (Å²) in [6.07, 6.45) is 0.571. The van der Waals surface area contributed by atoms with E-state index < -0.39 is 0 Å². The lowest BCUT2D eigenvalue weighted by Gasteiger charge is -2.22. The maximum atomic E-state index is 12.2. The molecule has 0 N–H and O–H groups in total. The van der Waals surface area contributed by atoms with E-state index >= 15 is 0 Å². The van der Waals surface area contributed by atoms with Gasteiger partial charge < -0.3 is 14.4 Å². The summed E-state index contributed by atoms with van der Waals surface area (Å²) in [5.41, 5.74) is 2.40. The first-order valence-electron chi connectivity index (χ1n) is 9.49. The van der Waals surface area contributed by atoms with Gasteiger partial charge in [0.2, 0.25) is 5.91 Å².